The van der Waals surface area contributed by atoms with Crippen LogP contribution in [0.1, 0.15) is 69.8 Å². The first-order valence-corrected chi connectivity index (χ1v) is 13.1. The first-order chi connectivity index (χ1) is 16.5. The van der Waals surface area contributed by atoms with Gasteiger partial charge in [-0.25, -0.2) is 4.79 Å². The van der Waals surface area contributed by atoms with E-state index in [-0.39, 0.29) is 5.97 Å². The Kier molecular flexibility index (Phi) is 7.63. The highest BCUT2D eigenvalue weighted by atomic mass is 35.5. The number of ether oxygens (including phenoxy) is 1. The molecular weight excluding hydrogens is 456 g/mol. The first-order valence-electron chi connectivity index (χ1n) is 12.8. The lowest BCUT2D eigenvalue weighted by molar-refractivity contribution is 0.00695. The molecule has 0 radical (unpaired) electrons. The summed E-state index contributed by atoms with van der Waals surface area (Å²) in [7, 11) is 0. The highest BCUT2D eigenvalue weighted by Crippen LogP contribution is 2.42. The second-order valence-corrected chi connectivity index (χ2v) is 12.2. The van der Waals surface area contributed by atoms with Crippen LogP contribution >= 0.6 is 11.6 Å². The van der Waals surface area contributed by atoms with Crippen molar-refractivity contribution in [2.45, 2.75) is 59.5 Å². The molecule has 1 fully saturated rings. The third-order valence-electron chi connectivity index (χ3n) is 7.02. The summed E-state index contributed by atoms with van der Waals surface area (Å²) in [5.41, 5.74) is 6.05. The molecule has 0 saturated carbocycles. The average molecular weight is 495 g/mol. The molecule has 0 bridgehead atoms. The van der Waals surface area contributed by atoms with Gasteiger partial charge < -0.3 is 9.64 Å². The van der Waals surface area contributed by atoms with Gasteiger partial charge in [0.15, 0.2) is 0 Å². The molecule has 2 aromatic rings. The van der Waals surface area contributed by atoms with Crippen LogP contribution in [0.15, 0.2) is 54.1 Å². The molecule has 1 saturated heterocycles. The normalized spacial score (nSPS) is 19.1. The Morgan fingerprint density at radius 3 is 2.20 bits per heavy atom. The standard InChI is InChI=1S/C30H39ClN2O2/c1-29(2,3)35-28(34)23-8-12-26(13-9-23)33-18-16-32(17-19-33)21-24-20-30(4,5)15-14-27(24)22-6-10-25(31)11-7-22/h6-13H,14-21H2,1-5H3. The second kappa shape index (κ2) is 10.4. The lowest BCUT2D eigenvalue weighted by atomic mass is 9.73. The number of nitrogens with zero attached hydrogens (tertiary/aromatic N) is 2. The fourth-order valence-electron chi connectivity index (χ4n) is 5.14. The smallest absolute Gasteiger partial charge is 0.338 e. The second-order valence-electron chi connectivity index (χ2n) is 11.7. The van der Waals surface area contributed by atoms with Gasteiger partial charge in [-0.15, -0.1) is 0 Å². The van der Waals surface area contributed by atoms with Crippen LogP contribution in [-0.2, 0) is 4.74 Å². The number of carbonyl (C=O) groups is 1. The molecule has 1 heterocycles. The summed E-state index contributed by atoms with van der Waals surface area (Å²) in [6, 6.07) is 16.2. The van der Waals surface area contributed by atoms with Gasteiger partial charge in [0.1, 0.15) is 5.60 Å². The number of hydrogen-bond donors (Lipinski definition) is 0. The highest BCUT2D eigenvalue weighted by Gasteiger charge is 2.29. The molecule has 0 spiro atoms. The summed E-state index contributed by atoms with van der Waals surface area (Å²) >= 11 is 6.15. The first kappa shape index (κ1) is 25.8. The molecule has 1 aliphatic heterocycles. The van der Waals surface area contributed by atoms with Crippen LogP contribution in [0.4, 0.5) is 5.69 Å². The number of benzene rings is 2. The lowest BCUT2D eigenvalue weighted by Gasteiger charge is -2.39. The maximum Gasteiger partial charge on any atom is 0.338 e. The molecule has 2 aliphatic rings. The molecule has 5 heteroatoms. The molecule has 0 N–H and O–H groups in total. The van der Waals surface area contributed by atoms with E-state index in [1.807, 2.05) is 57.2 Å². The van der Waals surface area contributed by atoms with E-state index in [0.29, 0.717) is 11.0 Å². The van der Waals surface area contributed by atoms with Crippen LogP contribution < -0.4 is 4.90 Å². The van der Waals surface area contributed by atoms with Crippen molar-refractivity contribution < 1.29 is 9.53 Å². The topological polar surface area (TPSA) is 32.8 Å². The number of esters is 1. The van der Waals surface area contributed by atoms with Crippen LogP contribution in [0, 0.1) is 5.41 Å². The van der Waals surface area contributed by atoms with E-state index >= 15 is 0 Å². The Bertz CT molecular complexity index is 1060. The number of carbonyl (C=O) groups excluding carboxylic acids is 1. The van der Waals surface area contributed by atoms with Crippen molar-refractivity contribution in [1.82, 2.24) is 4.90 Å². The molecular formula is C30H39ClN2O2. The van der Waals surface area contributed by atoms with Gasteiger partial charge in [0.25, 0.3) is 0 Å². The minimum atomic E-state index is -0.484. The molecule has 188 valence electrons. The van der Waals surface area contributed by atoms with E-state index < -0.39 is 5.60 Å². The van der Waals surface area contributed by atoms with E-state index in [9.17, 15) is 4.79 Å². The number of piperazine rings is 1. The van der Waals surface area contributed by atoms with Crippen LogP contribution in [0.3, 0.4) is 0 Å². The molecule has 0 unspecified atom stereocenters. The Morgan fingerprint density at radius 2 is 1.60 bits per heavy atom. The largest absolute Gasteiger partial charge is 0.456 e. The van der Waals surface area contributed by atoms with Crippen LogP contribution in [0.2, 0.25) is 5.02 Å². The molecule has 1 aliphatic carbocycles. The van der Waals surface area contributed by atoms with E-state index in [1.165, 1.54) is 17.6 Å². The van der Waals surface area contributed by atoms with E-state index in [4.69, 9.17) is 16.3 Å². The van der Waals surface area contributed by atoms with Crippen molar-refractivity contribution >= 4 is 28.8 Å². The molecule has 0 amide bonds. The summed E-state index contributed by atoms with van der Waals surface area (Å²) in [4.78, 5) is 17.3. The minimum Gasteiger partial charge on any atom is -0.456 e. The van der Waals surface area contributed by atoms with E-state index in [1.54, 1.807) is 5.57 Å². The minimum absolute atomic E-state index is 0.269. The van der Waals surface area contributed by atoms with Crippen molar-refractivity contribution in [3.63, 3.8) is 0 Å². The van der Waals surface area contributed by atoms with Crippen molar-refractivity contribution in [2.24, 2.45) is 5.41 Å². The summed E-state index contributed by atoms with van der Waals surface area (Å²) < 4.78 is 5.49. The van der Waals surface area contributed by atoms with Crippen molar-refractivity contribution in [2.75, 3.05) is 37.6 Å². The Morgan fingerprint density at radius 1 is 0.971 bits per heavy atom. The van der Waals surface area contributed by atoms with E-state index in [2.05, 4.69) is 35.8 Å². The van der Waals surface area contributed by atoms with E-state index in [0.717, 1.165) is 56.3 Å². The quantitative estimate of drug-likeness (QED) is 0.416. The average Bonchev–Trinajstić information content (AvgIpc) is 2.79. The van der Waals surface area contributed by atoms with Crippen LogP contribution in [0.25, 0.3) is 5.57 Å². The zero-order valence-electron chi connectivity index (χ0n) is 21.9. The lowest BCUT2D eigenvalue weighted by Crippen LogP contribution is -2.47. The monoisotopic (exact) mass is 494 g/mol. The van der Waals surface area contributed by atoms with Crippen LogP contribution in [-0.4, -0.2) is 49.2 Å². The summed E-state index contributed by atoms with van der Waals surface area (Å²) in [5, 5.41) is 0.794. The van der Waals surface area contributed by atoms with Gasteiger partial charge in [0, 0.05) is 43.4 Å². The Labute approximate surface area is 215 Å². The predicted molar refractivity (Wildman–Crippen MR) is 146 cm³/mol. The Hall–Kier alpha value is -2.30. The number of hydrogen-bond acceptors (Lipinski definition) is 4. The number of allylic oxidation sites excluding steroid dienone is 1. The Balaban J connectivity index is 1.39. The third kappa shape index (κ3) is 6.89. The maximum atomic E-state index is 12.3. The van der Waals surface area contributed by atoms with Gasteiger partial charge in [0.05, 0.1) is 5.56 Å². The number of anilines is 1. The molecule has 4 nitrogen and oxygen atoms in total. The third-order valence-corrected chi connectivity index (χ3v) is 7.27. The van der Waals surface area contributed by atoms with Gasteiger partial charge in [0.2, 0.25) is 0 Å². The van der Waals surface area contributed by atoms with Crippen molar-refractivity contribution in [1.29, 1.82) is 0 Å². The zero-order chi connectivity index (χ0) is 25.2. The number of rotatable bonds is 5. The molecule has 35 heavy (non-hydrogen) atoms. The summed E-state index contributed by atoms with van der Waals surface area (Å²) in [5.74, 6) is -0.269. The zero-order valence-corrected chi connectivity index (χ0v) is 22.6. The van der Waals surface area contributed by atoms with Gasteiger partial charge in [-0.3, -0.25) is 4.90 Å². The van der Waals surface area contributed by atoms with Gasteiger partial charge in [-0.05, 0) is 93.0 Å². The highest BCUT2D eigenvalue weighted by molar-refractivity contribution is 6.30. The van der Waals surface area contributed by atoms with Gasteiger partial charge >= 0.3 is 5.97 Å². The molecule has 4 rings (SSSR count). The molecule has 2 aromatic carbocycles. The predicted octanol–water partition coefficient (Wildman–Crippen LogP) is 7.08. The molecule has 0 aromatic heterocycles. The molecule has 0 atom stereocenters. The summed E-state index contributed by atoms with van der Waals surface area (Å²) in [6.07, 6.45) is 3.51. The van der Waals surface area contributed by atoms with Crippen molar-refractivity contribution in [3.05, 3.63) is 70.3 Å². The fourth-order valence-corrected chi connectivity index (χ4v) is 5.27. The van der Waals surface area contributed by atoms with Crippen molar-refractivity contribution in [3.8, 4) is 0 Å². The van der Waals surface area contributed by atoms with Gasteiger partial charge in [-0.1, -0.05) is 43.2 Å². The summed E-state index contributed by atoms with van der Waals surface area (Å²) in [6.45, 7) is 15.5. The van der Waals surface area contributed by atoms with Gasteiger partial charge in [-0.2, -0.15) is 0 Å². The fraction of sp³-hybridized carbons (Fsp3) is 0.500. The maximum absolute atomic E-state index is 12.3. The SMILES string of the molecule is CC1(C)CCC(c2ccc(Cl)cc2)=C(CN2CCN(c3ccc(C(=O)OC(C)(C)C)cc3)CC2)C1. The van der Waals surface area contributed by atoms with Crippen LogP contribution in [0.5, 0.6) is 0 Å². The number of halogens is 1.